The van der Waals surface area contributed by atoms with Gasteiger partial charge in [0.1, 0.15) is 0 Å². The molecular weight excluding hydrogens is 300 g/mol. The number of nitrogens with one attached hydrogen (secondary N) is 1. The van der Waals surface area contributed by atoms with E-state index >= 15 is 0 Å². The maximum absolute atomic E-state index is 11.7. The van der Waals surface area contributed by atoms with Gasteiger partial charge in [0.25, 0.3) is 0 Å². The number of carbonyl (C=O) groups is 1. The summed E-state index contributed by atoms with van der Waals surface area (Å²) in [6.45, 7) is 1.84. The molecule has 1 aliphatic rings. The van der Waals surface area contributed by atoms with E-state index in [2.05, 4.69) is 17.4 Å². The van der Waals surface area contributed by atoms with Crippen LogP contribution in [0.5, 0.6) is 0 Å². The third-order valence-corrected chi connectivity index (χ3v) is 5.68. The van der Waals surface area contributed by atoms with E-state index in [1.807, 2.05) is 42.6 Å². The first-order valence-corrected chi connectivity index (χ1v) is 8.13. The number of rotatable bonds is 4. The van der Waals surface area contributed by atoms with Crippen LogP contribution in [0.25, 0.3) is 0 Å². The number of carbonyl (C=O) groups excluding carboxylic acids is 1. The van der Waals surface area contributed by atoms with E-state index in [4.69, 9.17) is 5.73 Å². The lowest BCUT2D eigenvalue weighted by molar-refractivity contribution is -0.116. The van der Waals surface area contributed by atoms with Crippen molar-refractivity contribution in [3.05, 3.63) is 29.8 Å². The highest BCUT2D eigenvalue weighted by atomic mass is 35.5. The summed E-state index contributed by atoms with van der Waals surface area (Å²) in [6, 6.07) is 8.00. The van der Waals surface area contributed by atoms with E-state index in [-0.39, 0.29) is 24.4 Å². The lowest BCUT2D eigenvalue weighted by atomic mass is 10.2. The number of anilines is 1. The molecule has 1 fully saturated rings. The summed E-state index contributed by atoms with van der Waals surface area (Å²) in [5.74, 6) is 2.39. The minimum Gasteiger partial charge on any atom is -0.327 e. The van der Waals surface area contributed by atoms with E-state index < -0.39 is 0 Å². The van der Waals surface area contributed by atoms with Gasteiger partial charge in [-0.25, -0.2) is 0 Å². The summed E-state index contributed by atoms with van der Waals surface area (Å²) in [5, 5.41) is 2.90. The van der Waals surface area contributed by atoms with Crippen molar-refractivity contribution >= 4 is 47.5 Å². The van der Waals surface area contributed by atoms with E-state index in [1.54, 1.807) is 0 Å². The lowest BCUT2D eigenvalue weighted by Crippen LogP contribution is -2.23. The molecule has 1 unspecified atom stereocenters. The topological polar surface area (TPSA) is 55.1 Å². The molecule has 3 nitrogen and oxygen atoms in total. The quantitative estimate of drug-likeness (QED) is 0.894. The van der Waals surface area contributed by atoms with Crippen molar-refractivity contribution < 1.29 is 4.79 Å². The first-order chi connectivity index (χ1) is 8.65. The van der Waals surface area contributed by atoms with Crippen molar-refractivity contribution in [3.8, 4) is 0 Å². The van der Waals surface area contributed by atoms with Crippen LogP contribution in [0.3, 0.4) is 0 Å². The van der Waals surface area contributed by atoms with Crippen LogP contribution in [0.15, 0.2) is 24.3 Å². The number of halogens is 1. The summed E-state index contributed by atoms with van der Waals surface area (Å²) in [6.07, 6.45) is 0.358. The fraction of sp³-hybridized carbons (Fsp3) is 0.462. The molecule has 19 heavy (non-hydrogen) atoms. The van der Waals surface area contributed by atoms with Crippen molar-refractivity contribution in [2.45, 2.75) is 24.0 Å². The highest BCUT2D eigenvalue weighted by Gasteiger charge is 2.18. The molecule has 1 aromatic carbocycles. The standard InChI is InChI=1S/C13H18N2OS2.ClH/c1-9(14)7-12(16)15-11-4-2-3-10(8-11)13-17-5-6-18-13;/h2-4,8-9,13H,5-7,14H2,1H3,(H,15,16);1H. The molecule has 1 aromatic rings. The molecule has 0 bridgehead atoms. The third kappa shape index (κ3) is 5.26. The van der Waals surface area contributed by atoms with E-state index in [1.165, 1.54) is 17.1 Å². The van der Waals surface area contributed by atoms with Crippen LogP contribution in [-0.2, 0) is 4.79 Å². The van der Waals surface area contributed by atoms with Gasteiger partial charge in [-0.3, -0.25) is 4.79 Å². The van der Waals surface area contributed by atoms with Gasteiger partial charge in [-0.05, 0) is 24.6 Å². The van der Waals surface area contributed by atoms with Gasteiger partial charge in [0.15, 0.2) is 0 Å². The molecule has 106 valence electrons. The molecule has 6 heteroatoms. The summed E-state index contributed by atoms with van der Waals surface area (Å²) in [5.41, 5.74) is 7.75. The summed E-state index contributed by atoms with van der Waals surface area (Å²) in [7, 11) is 0. The number of hydrogen-bond acceptors (Lipinski definition) is 4. The van der Waals surface area contributed by atoms with Crippen LogP contribution in [0.2, 0.25) is 0 Å². The molecule has 2 rings (SSSR count). The molecule has 0 aliphatic carbocycles. The number of thioether (sulfide) groups is 2. The zero-order valence-electron chi connectivity index (χ0n) is 10.8. The van der Waals surface area contributed by atoms with Crippen LogP contribution in [0.1, 0.15) is 23.5 Å². The Balaban J connectivity index is 0.00000180. The monoisotopic (exact) mass is 318 g/mol. The van der Waals surface area contributed by atoms with Gasteiger partial charge < -0.3 is 11.1 Å². The van der Waals surface area contributed by atoms with E-state index in [9.17, 15) is 4.79 Å². The van der Waals surface area contributed by atoms with Gasteiger partial charge in [0, 0.05) is 29.7 Å². The molecule has 3 N–H and O–H groups in total. The Kier molecular flexibility index (Phi) is 7.07. The second kappa shape index (κ2) is 8.04. The van der Waals surface area contributed by atoms with Crippen molar-refractivity contribution in [3.63, 3.8) is 0 Å². The van der Waals surface area contributed by atoms with Gasteiger partial charge >= 0.3 is 0 Å². The normalized spacial score (nSPS) is 16.7. The van der Waals surface area contributed by atoms with Crippen molar-refractivity contribution in [1.29, 1.82) is 0 Å². The summed E-state index contributed by atoms with van der Waals surface area (Å²) < 4.78 is 0.510. The van der Waals surface area contributed by atoms with Gasteiger partial charge in [-0.1, -0.05) is 12.1 Å². The fourth-order valence-electron chi connectivity index (χ4n) is 1.82. The summed E-state index contributed by atoms with van der Waals surface area (Å²) >= 11 is 3.93. The Morgan fingerprint density at radius 3 is 2.79 bits per heavy atom. The lowest BCUT2D eigenvalue weighted by Gasteiger charge is -2.11. The van der Waals surface area contributed by atoms with Crippen molar-refractivity contribution in [2.24, 2.45) is 5.73 Å². The van der Waals surface area contributed by atoms with Crippen LogP contribution in [-0.4, -0.2) is 23.5 Å². The highest BCUT2D eigenvalue weighted by molar-refractivity contribution is 8.19. The van der Waals surface area contributed by atoms with Crippen molar-refractivity contribution in [1.82, 2.24) is 0 Å². The molecule has 1 heterocycles. The molecule has 0 aromatic heterocycles. The largest absolute Gasteiger partial charge is 0.327 e. The molecule has 0 radical (unpaired) electrons. The number of benzene rings is 1. The first-order valence-electron chi connectivity index (χ1n) is 6.04. The third-order valence-electron chi connectivity index (χ3n) is 2.57. The van der Waals surface area contributed by atoms with Gasteiger partial charge in [0.2, 0.25) is 5.91 Å². The number of hydrogen-bond donors (Lipinski definition) is 2. The predicted octanol–water partition coefficient (Wildman–Crippen LogP) is 3.26. The average Bonchev–Trinajstić information content (AvgIpc) is 2.81. The summed E-state index contributed by atoms with van der Waals surface area (Å²) in [4.78, 5) is 11.7. The Morgan fingerprint density at radius 2 is 2.16 bits per heavy atom. The second-order valence-corrected chi connectivity index (χ2v) is 7.15. The minimum atomic E-state index is -0.103. The van der Waals surface area contributed by atoms with Gasteiger partial charge in [0.05, 0.1) is 4.58 Å². The Labute approximate surface area is 128 Å². The number of amides is 1. The van der Waals surface area contributed by atoms with Gasteiger partial charge in [-0.15, -0.1) is 35.9 Å². The second-order valence-electron chi connectivity index (χ2n) is 4.43. The fourth-order valence-corrected chi connectivity index (χ4v) is 4.66. The van der Waals surface area contributed by atoms with Crippen LogP contribution in [0, 0.1) is 0 Å². The SMILES string of the molecule is CC(N)CC(=O)Nc1cccc(C2SCCS2)c1.Cl. The maximum Gasteiger partial charge on any atom is 0.225 e. The zero-order valence-corrected chi connectivity index (χ0v) is 13.2. The Morgan fingerprint density at radius 1 is 1.47 bits per heavy atom. The molecular formula is C13H19ClN2OS2. The molecule has 1 atom stereocenters. The predicted molar refractivity (Wildman–Crippen MR) is 88.2 cm³/mol. The highest BCUT2D eigenvalue weighted by Crippen LogP contribution is 2.45. The number of nitrogens with two attached hydrogens (primary N) is 1. The molecule has 0 spiro atoms. The average molecular weight is 319 g/mol. The zero-order chi connectivity index (χ0) is 13.0. The maximum atomic E-state index is 11.7. The molecule has 1 saturated heterocycles. The van der Waals surface area contributed by atoms with Crippen LogP contribution in [0.4, 0.5) is 5.69 Å². The molecule has 0 saturated carbocycles. The van der Waals surface area contributed by atoms with E-state index in [0.29, 0.717) is 11.0 Å². The Bertz CT molecular complexity index is 423. The smallest absolute Gasteiger partial charge is 0.225 e. The van der Waals surface area contributed by atoms with E-state index in [0.717, 1.165) is 5.69 Å². The van der Waals surface area contributed by atoms with Crippen molar-refractivity contribution in [2.75, 3.05) is 16.8 Å². The van der Waals surface area contributed by atoms with Gasteiger partial charge in [-0.2, -0.15) is 0 Å². The van der Waals surface area contributed by atoms with Crippen LogP contribution < -0.4 is 11.1 Å². The minimum absolute atomic E-state index is 0. The Hall–Kier alpha value is -0.360. The molecule has 1 amide bonds. The first kappa shape index (κ1) is 16.7. The van der Waals surface area contributed by atoms with Crippen LogP contribution >= 0.6 is 35.9 Å². The molecule has 1 aliphatic heterocycles.